The zero-order valence-corrected chi connectivity index (χ0v) is 21.0. The van der Waals surface area contributed by atoms with E-state index in [9.17, 15) is 9.59 Å². The summed E-state index contributed by atoms with van der Waals surface area (Å²) in [5.74, 6) is -0.166. The normalized spacial score (nSPS) is 12.3. The van der Waals surface area contributed by atoms with Gasteiger partial charge in [0, 0.05) is 17.0 Å². The molecule has 0 fully saturated rings. The molecule has 0 bridgehead atoms. The first kappa shape index (κ1) is 24.0. The van der Waals surface area contributed by atoms with Crippen molar-refractivity contribution < 1.29 is 9.59 Å². The fraction of sp³-hybridized carbons (Fsp3) is 0.222. The van der Waals surface area contributed by atoms with Gasteiger partial charge in [0.25, 0.3) is 0 Å². The van der Waals surface area contributed by atoms with E-state index in [1.807, 2.05) is 99.6 Å². The number of nitrogens with one attached hydrogen (secondary N) is 2. The van der Waals surface area contributed by atoms with Crippen LogP contribution in [0.5, 0.6) is 0 Å². The number of thiazole rings is 1. The van der Waals surface area contributed by atoms with E-state index < -0.39 is 5.25 Å². The van der Waals surface area contributed by atoms with E-state index in [0.29, 0.717) is 11.6 Å². The van der Waals surface area contributed by atoms with Gasteiger partial charge in [-0.3, -0.25) is 9.59 Å². The van der Waals surface area contributed by atoms with Gasteiger partial charge in [-0.05, 0) is 41.3 Å². The molecule has 2 N–H and O–H groups in total. The van der Waals surface area contributed by atoms with Crippen molar-refractivity contribution in [3.05, 3.63) is 84.4 Å². The van der Waals surface area contributed by atoms with Gasteiger partial charge in [0.05, 0.1) is 10.2 Å². The average Bonchev–Trinajstić information content (AvgIpc) is 3.19. The highest BCUT2D eigenvalue weighted by molar-refractivity contribution is 8.00. The van der Waals surface area contributed by atoms with Gasteiger partial charge in [-0.1, -0.05) is 80.6 Å². The molecule has 0 aliphatic heterocycles. The second-order valence-corrected chi connectivity index (χ2v) is 11.4. The summed E-state index contributed by atoms with van der Waals surface area (Å²) >= 11 is 2.90. The Kier molecular flexibility index (Phi) is 7.34. The zero-order chi connectivity index (χ0) is 24.1. The Morgan fingerprint density at radius 1 is 0.941 bits per heavy atom. The van der Waals surface area contributed by atoms with Crippen LogP contribution in [-0.2, 0) is 9.59 Å². The summed E-state index contributed by atoms with van der Waals surface area (Å²) in [6, 6.07) is 25.1. The number of carbonyl (C=O) groups is 2. The average molecular weight is 490 g/mol. The molecule has 34 heavy (non-hydrogen) atoms. The molecule has 0 saturated heterocycles. The van der Waals surface area contributed by atoms with Crippen molar-refractivity contribution in [2.24, 2.45) is 5.41 Å². The van der Waals surface area contributed by atoms with E-state index in [-0.39, 0.29) is 17.2 Å². The number of amides is 2. The molecule has 7 heteroatoms. The lowest BCUT2D eigenvalue weighted by atomic mass is 9.92. The molecule has 0 radical (unpaired) electrons. The van der Waals surface area contributed by atoms with Crippen LogP contribution in [0.1, 0.15) is 38.0 Å². The van der Waals surface area contributed by atoms with Crippen molar-refractivity contribution in [2.75, 3.05) is 10.6 Å². The highest BCUT2D eigenvalue weighted by atomic mass is 32.2. The Labute approximate surface area is 208 Å². The second-order valence-electron chi connectivity index (χ2n) is 9.20. The van der Waals surface area contributed by atoms with E-state index in [2.05, 4.69) is 15.6 Å². The molecule has 0 aliphatic rings. The van der Waals surface area contributed by atoms with Gasteiger partial charge in [0.15, 0.2) is 5.13 Å². The van der Waals surface area contributed by atoms with Crippen LogP contribution in [0.4, 0.5) is 10.8 Å². The molecule has 1 atom stereocenters. The van der Waals surface area contributed by atoms with Crippen molar-refractivity contribution in [3.63, 3.8) is 0 Å². The number of rotatable bonds is 7. The first-order valence-corrected chi connectivity index (χ1v) is 12.7. The quantitative estimate of drug-likeness (QED) is 0.271. The van der Waals surface area contributed by atoms with Crippen molar-refractivity contribution in [2.45, 2.75) is 37.3 Å². The molecule has 0 saturated carbocycles. The maximum atomic E-state index is 13.4. The van der Waals surface area contributed by atoms with Gasteiger partial charge in [0.1, 0.15) is 5.25 Å². The van der Waals surface area contributed by atoms with E-state index >= 15 is 0 Å². The SMILES string of the molecule is CC(C)(C)CC(=O)Nc1cccc(SC(C(=O)Nc2nc3ccccc3s2)c2ccccc2)c1. The molecule has 2 amide bonds. The van der Waals surface area contributed by atoms with E-state index in [1.54, 1.807) is 0 Å². The second kappa shape index (κ2) is 10.4. The van der Waals surface area contributed by atoms with Crippen LogP contribution in [0, 0.1) is 5.41 Å². The number of thioether (sulfide) groups is 1. The van der Waals surface area contributed by atoms with Crippen LogP contribution in [-0.4, -0.2) is 16.8 Å². The molecule has 1 unspecified atom stereocenters. The number of hydrogen-bond donors (Lipinski definition) is 2. The number of fused-ring (bicyclic) bond motifs is 1. The number of hydrogen-bond acceptors (Lipinski definition) is 5. The third-order valence-electron chi connectivity index (χ3n) is 4.93. The molecule has 5 nitrogen and oxygen atoms in total. The van der Waals surface area contributed by atoms with Crippen molar-refractivity contribution >= 4 is 55.9 Å². The Morgan fingerprint density at radius 2 is 1.68 bits per heavy atom. The van der Waals surface area contributed by atoms with Crippen molar-refractivity contribution in [1.29, 1.82) is 0 Å². The lowest BCUT2D eigenvalue weighted by Crippen LogP contribution is -2.20. The van der Waals surface area contributed by atoms with E-state index in [0.717, 1.165) is 26.4 Å². The van der Waals surface area contributed by atoms with Crippen LogP contribution in [0.2, 0.25) is 0 Å². The Hall–Kier alpha value is -3.16. The van der Waals surface area contributed by atoms with Crippen LogP contribution >= 0.6 is 23.1 Å². The van der Waals surface area contributed by atoms with Crippen molar-refractivity contribution in [3.8, 4) is 0 Å². The van der Waals surface area contributed by atoms with E-state index in [4.69, 9.17) is 0 Å². The summed E-state index contributed by atoms with van der Waals surface area (Å²) in [5.41, 5.74) is 2.39. The monoisotopic (exact) mass is 489 g/mol. The molecular formula is C27H27N3O2S2. The molecule has 0 aliphatic carbocycles. The fourth-order valence-electron chi connectivity index (χ4n) is 3.47. The largest absolute Gasteiger partial charge is 0.326 e. The molecule has 174 valence electrons. The summed E-state index contributed by atoms with van der Waals surface area (Å²) in [7, 11) is 0. The van der Waals surface area contributed by atoms with Gasteiger partial charge in [-0.15, -0.1) is 11.8 Å². The van der Waals surface area contributed by atoms with Crippen LogP contribution < -0.4 is 10.6 Å². The molecule has 4 aromatic rings. The molecule has 0 spiro atoms. The first-order valence-electron chi connectivity index (χ1n) is 11.0. The van der Waals surface area contributed by atoms with Gasteiger partial charge < -0.3 is 10.6 Å². The number of carbonyl (C=O) groups excluding carboxylic acids is 2. The summed E-state index contributed by atoms with van der Waals surface area (Å²) in [5, 5.41) is 6.08. The minimum atomic E-state index is -0.478. The molecule has 3 aromatic carbocycles. The number of anilines is 2. The zero-order valence-electron chi connectivity index (χ0n) is 19.4. The van der Waals surface area contributed by atoms with Crippen molar-refractivity contribution in [1.82, 2.24) is 4.98 Å². The summed E-state index contributed by atoms with van der Waals surface area (Å²) in [6.45, 7) is 6.11. The fourth-order valence-corrected chi connectivity index (χ4v) is 5.42. The third kappa shape index (κ3) is 6.46. The highest BCUT2D eigenvalue weighted by Gasteiger charge is 2.24. The Balaban J connectivity index is 1.54. The van der Waals surface area contributed by atoms with Gasteiger partial charge >= 0.3 is 0 Å². The highest BCUT2D eigenvalue weighted by Crippen LogP contribution is 2.38. The predicted octanol–water partition coefficient (Wildman–Crippen LogP) is 7.14. The van der Waals surface area contributed by atoms with Crippen LogP contribution in [0.3, 0.4) is 0 Å². The topological polar surface area (TPSA) is 71.1 Å². The number of para-hydroxylation sites is 1. The number of nitrogens with zero attached hydrogens (tertiary/aromatic N) is 1. The van der Waals surface area contributed by atoms with Crippen LogP contribution in [0.15, 0.2) is 83.8 Å². The lowest BCUT2D eigenvalue weighted by Gasteiger charge is -2.18. The van der Waals surface area contributed by atoms with Gasteiger partial charge in [0.2, 0.25) is 11.8 Å². The maximum Gasteiger partial charge on any atom is 0.244 e. The minimum Gasteiger partial charge on any atom is -0.326 e. The Morgan fingerprint density at radius 3 is 2.41 bits per heavy atom. The first-order chi connectivity index (χ1) is 16.3. The Bertz CT molecular complexity index is 1260. The van der Waals surface area contributed by atoms with Gasteiger partial charge in [-0.25, -0.2) is 4.98 Å². The summed E-state index contributed by atoms with van der Waals surface area (Å²) in [6.07, 6.45) is 0.432. The third-order valence-corrected chi connectivity index (χ3v) is 7.13. The smallest absolute Gasteiger partial charge is 0.244 e. The number of benzene rings is 3. The van der Waals surface area contributed by atoms with E-state index in [1.165, 1.54) is 23.1 Å². The summed E-state index contributed by atoms with van der Waals surface area (Å²) < 4.78 is 1.03. The maximum absolute atomic E-state index is 13.4. The standard InChI is InChI=1S/C27H27N3O2S2/c1-27(2,3)17-23(31)28-19-12-9-13-20(16-19)33-24(18-10-5-4-6-11-18)25(32)30-26-29-21-14-7-8-15-22(21)34-26/h4-16,24H,17H2,1-3H3,(H,28,31)(H,29,30,32). The summed E-state index contributed by atoms with van der Waals surface area (Å²) in [4.78, 5) is 31.2. The number of aromatic nitrogens is 1. The molecule has 1 heterocycles. The van der Waals surface area contributed by atoms with Gasteiger partial charge in [-0.2, -0.15) is 0 Å². The molecular weight excluding hydrogens is 462 g/mol. The molecule has 1 aromatic heterocycles. The molecule has 4 rings (SSSR count). The predicted molar refractivity (Wildman–Crippen MR) is 142 cm³/mol. The lowest BCUT2D eigenvalue weighted by molar-refractivity contribution is -0.118. The minimum absolute atomic E-state index is 0.0251. The van der Waals surface area contributed by atoms with Crippen LogP contribution in [0.25, 0.3) is 10.2 Å².